The number of carbonyl (C=O) groups is 1. The molecule has 1 fully saturated rings. The first-order chi connectivity index (χ1) is 12.6. The van der Waals surface area contributed by atoms with Gasteiger partial charge in [-0.15, -0.1) is 0 Å². The highest BCUT2D eigenvalue weighted by molar-refractivity contribution is 6.30. The van der Waals surface area contributed by atoms with Crippen LogP contribution < -0.4 is 5.32 Å². The van der Waals surface area contributed by atoms with Gasteiger partial charge >= 0.3 is 5.97 Å². The number of rotatable bonds is 6. The van der Waals surface area contributed by atoms with Gasteiger partial charge in [0.15, 0.2) is 5.96 Å². The minimum Gasteiger partial charge on any atom is -0.469 e. The number of benzene rings is 1. The van der Waals surface area contributed by atoms with E-state index in [1.54, 1.807) is 7.11 Å². The van der Waals surface area contributed by atoms with E-state index in [1.807, 2.05) is 31.2 Å². The molecule has 1 atom stereocenters. The van der Waals surface area contributed by atoms with Gasteiger partial charge in [0.2, 0.25) is 0 Å². The zero-order valence-corrected chi connectivity index (χ0v) is 16.5. The number of nitrogens with zero attached hydrogens (tertiary/aromatic N) is 2. The standard InChI is InChI=1S/C19H28ClN3O3/c1-4-21-19(23-10-8-14(9-11-23)18(24)26-3)22-13-17(25-2)15-6-5-7-16(20)12-15/h5-7,12,14,17H,4,8-11,13H2,1-3H3,(H,21,22). The summed E-state index contributed by atoms with van der Waals surface area (Å²) in [6, 6.07) is 7.65. The molecule has 2 rings (SSSR count). The maximum atomic E-state index is 11.7. The van der Waals surface area contributed by atoms with Crippen LogP contribution in [-0.4, -0.2) is 57.2 Å². The quantitative estimate of drug-likeness (QED) is 0.466. The molecule has 144 valence electrons. The van der Waals surface area contributed by atoms with Gasteiger partial charge in [-0.2, -0.15) is 0 Å². The van der Waals surface area contributed by atoms with Crippen LogP contribution in [-0.2, 0) is 14.3 Å². The third-order valence-corrected chi connectivity index (χ3v) is 4.81. The molecule has 1 aromatic carbocycles. The Labute approximate surface area is 160 Å². The van der Waals surface area contributed by atoms with Crippen LogP contribution in [0.3, 0.4) is 0 Å². The first-order valence-electron chi connectivity index (χ1n) is 8.98. The molecule has 0 aliphatic carbocycles. The van der Waals surface area contributed by atoms with Crippen LogP contribution >= 0.6 is 11.6 Å². The van der Waals surface area contributed by atoms with Crippen LogP contribution in [0, 0.1) is 5.92 Å². The normalized spacial score (nSPS) is 17.1. The highest BCUT2D eigenvalue weighted by Crippen LogP contribution is 2.22. The van der Waals surface area contributed by atoms with E-state index in [2.05, 4.69) is 10.2 Å². The molecule has 1 unspecified atom stereocenters. The number of guanidine groups is 1. The maximum absolute atomic E-state index is 11.7. The van der Waals surface area contributed by atoms with Crippen LogP contribution in [0.5, 0.6) is 0 Å². The summed E-state index contributed by atoms with van der Waals surface area (Å²) in [5.74, 6) is 0.712. The van der Waals surface area contributed by atoms with Crippen molar-refractivity contribution in [2.75, 3.05) is 40.4 Å². The Kier molecular flexibility index (Phi) is 8.19. The fourth-order valence-electron chi connectivity index (χ4n) is 3.11. The third-order valence-electron chi connectivity index (χ3n) is 4.58. The molecule has 0 aromatic heterocycles. The maximum Gasteiger partial charge on any atom is 0.308 e. The van der Waals surface area contributed by atoms with Crippen molar-refractivity contribution in [3.63, 3.8) is 0 Å². The molecular weight excluding hydrogens is 354 g/mol. The summed E-state index contributed by atoms with van der Waals surface area (Å²) < 4.78 is 10.5. The van der Waals surface area contributed by atoms with Gasteiger partial charge in [-0.05, 0) is 37.5 Å². The lowest BCUT2D eigenvalue weighted by Gasteiger charge is -2.33. The second-order valence-electron chi connectivity index (χ2n) is 6.26. The molecule has 0 radical (unpaired) electrons. The average molecular weight is 382 g/mol. The van der Waals surface area contributed by atoms with Gasteiger partial charge < -0.3 is 19.7 Å². The molecule has 7 heteroatoms. The minimum atomic E-state index is -0.157. The fraction of sp³-hybridized carbons (Fsp3) is 0.579. The summed E-state index contributed by atoms with van der Waals surface area (Å²) in [5.41, 5.74) is 1.00. The van der Waals surface area contributed by atoms with E-state index in [-0.39, 0.29) is 18.0 Å². The smallest absolute Gasteiger partial charge is 0.308 e. The highest BCUT2D eigenvalue weighted by Gasteiger charge is 2.27. The molecule has 1 heterocycles. The molecule has 26 heavy (non-hydrogen) atoms. The van der Waals surface area contributed by atoms with Gasteiger partial charge in [-0.1, -0.05) is 23.7 Å². The van der Waals surface area contributed by atoms with Gasteiger partial charge in [0.1, 0.15) is 6.10 Å². The highest BCUT2D eigenvalue weighted by atomic mass is 35.5. The molecule has 6 nitrogen and oxygen atoms in total. The molecule has 1 N–H and O–H groups in total. The lowest BCUT2D eigenvalue weighted by molar-refractivity contribution is -0.146. The first-order valence-corrected chi connectivity index (χ1v) is 9.36. The van der Waals surface area contributed by atoms with Crippen molar-refractivity contribution in [2.45, 2.75) is 25.9 Å². The first kappa shape index (κ1) is 20.5. The number of ether oxygens (including phenoxy) is 2. The van der Waals surface area contributed by atoms with Crippen molar-refractivity contribution < 1.29 is 14.3 Å². The molecule has 0 amide bonds. The van der Waals surface area contributed by atoms with Gasteiger partial charge in [0.05, 0.1) is 19.6 Å². The SMILES string of the molecule is CCNC(=NCC(OC)c1cccc(Cl)c1)N1CCC(C(=O)OC)CC1. The summed E-state index contributed by atoms with van der Waals surface area (Å²) in [7, 11) is 3.12. The van der Waals surface area contributed by atoms with Crippen LogP contribution in [0.25, 0.3) is 0 Å². The van der Waals surface area contributed by atoms with E-state index < -0.39 is 0 Å². The van der Waals surface area contributed by atoms with E-state index in [4.69, 9.17) is 26.1 Å². The van der Waals surface area contributed by atoms with Crippen LogP contribution in [0.4, 0.5) is 0 Å². The minimum absolute atomic E-state index is 0.0164. The number of nitrogens with one attached hydrogen (secondary N) is 1. The van der Waals surface area contributed by atoms with E-state index in [1.165, 1.54) is 7.11 Å². The topological polar surface area (TPSA) is 63.2 Å². The summed E-state index contributed by atoms with van der Waals surface area (Å²) in [6.07, 6.45) is 1.40. The van der Waals surface area contributed by atoms with Crippen molar-refractivity contribution in [3.8, 4) is 0 Å². The number of carbonyl (C=O) groups excluding carboxylic acids is 1. The lowest BCUT2D eigenvalue weighted by atomic mass is 9.97. The Bertz CT molecular complexity index is 616. The number of esters is 1. The molecule has 1 aliphatic heterocycles. The second-order valence-corrected chi connectivity index (χ2v) is 6.69. The number of methoxy groups -OCH3 is 2. The van der Waals surface area contributed by atoms with Crippen LogP contribution in [0.15, 0.2) is 29.3 Å². The Hall–Kier alpha value is -1.79. The van der Waals surface area contributed by atoms with E-state index in [9.17, 15) is 4.79 Å². The van der Waals surface area contributed by atoms with Gasteiger partial charge in [0, 0.05) is 31.8 Å². The van der Waals surface area contributed by atoms with Gasteiger partial charge in [-0.25, -0.2) is 0 Å². The molecular formula is C19H28ClN3O3. The van der Waals surface area contributed by atoms with Crippen LogP contribution in [0.2, 0.25) is 5.02 Å². The predicted molar refractivity (Wildman–Crippen MR) is 103 cm³/mol. The van der Waals surface area contributed by atoms with Crippen molar-refractivity contribution in [1.82, 2.24) is 10.2 Å². The predicted octanol–water partition coefficient (Wildman–Crippen LogP) is 2.88. The Balaban J connectivity index is 2.03. The fourth-order valence-corrected chi connectivity index (χ4v) is 3.31. The van der Waals surface area contributed by atoms with Gasteiger partial charge in [-0.3, -0.25) is 9.79 Å². The molecule has 1 aliphatic rings. The van der Waals surface area contributed by atoms with Crippen molar-refractivity contribution in [3.05, 3.63) is 34.9 Å². The Morgan fingerprint density at radius 2 is 2.12 bits per heavy atom. The summed E-state index contributed by atoms with van der Waals surface area (Å²) >= 11 is 6.08. The number of hydrogen-bond acceptors (Lipinski definition) is 4. The van der Waals surface area contributed by atoms with Crippen molar-refractivity contribution in [1.29, 1.82) is 0 Å². The number of piperidine rings is 1. The Morgan fingerprint density at radius 1 is 1.38 bits per heavy atom. The van der Waals surface area contributed by atoms with Crippen LogP contribution in [0.1, 0.15) is 31.4 Å². The average Bonchev–Trinajstić information content (AvgIpc) is 2.67. The molecule has 0 saturated carbocycles. The Morgan fingerprint density at radius 3 is 2.69 bits per heavy atom. The van der Waals surface area contributed by atoms with Crippen molar-refractivity contribution in [2.24, 2.45) is 10.9 Å². The molecule has 1 aromatic rings. The van der Waals surface area contributed by atoms with E-state index >= 15 is 0 Å². The second kappa shape index (κ2) is 10.4. The largest absolute Gasteiger partial charge is 0.469 e. The zero-order chi connectivity index (χ0) is 18.9. The number of hydrogen-bond donors (Lipinski definition) is 1. The van der Waals surface area contributed by atoms with Crippen molar-refractivity contribution >= 4 is 23.5 Å². The number of likely N-dealkylation sites (tertiary alicyclic amines) is 1. The zero-order valence-electron chi connectivity index (χ0n) is 15.7. The summed E-state index contributed by atoms with van der Waals surface area (Å²) in [4.78, 5) is 18.6. The molecule has 0 bridgehead atoms. The lowest BCUT2D eigenvalue weighted by Crippen LogP contribution is -2.46. The number of aliphatic imine (C=N–C) groups is 1. The summed E-state index contributed by atoms with van der Waals surface area (Å²) in [5, 5.41) is 4.02. The summed E-state index contributed by atoms with van der Waals surface area (Å²) in [6.45, 7) is 4.88. The molecule has 1 saturated heterocycles. The monoisotopic (exact) mass is 381 g/mol. The number of halogens is 1. The molecule has 0 spiro atoms. The van der Waals surface area contributed by atoms with E-state index in [0.29, 0.717) is 11.6 Å². The van der Waals surface area contributed by atoms with E-state index in [0.717, 1.165) is 44.0 Å². The third kappa shape index (κ3) is 5.61. The van der Waals surface area contributed by atoms with Gasteiger partial charge in [0.25, 0.3) is 0 Å².